The number of nitrogens with one attached hydrogen (secondary N) is 3. The maximum Gasteiger partial charge on any atom is 0.285 e. The third kappa shape index (κ3) is 2.70. The monoisotopic (exact) mass is 376 g/mol. The zero-order valence-corrected chi connectivity index (χ0v) is 14.3. The highest BCUT2D eigenvalue weighted by Gasteiger charge is 2.21. The van der Waals surface area contributed by atoms with E-state index in [1.54, 1.807) is 6.26 Å². The third-order valence-electron chi connectivity index (χ3n) is 3.95. The van der Waals surface area contributed by atoms with Crippen LogP contribution in [0.3, 0.4) is 0 Å². The number of benzene rings is 1. The van der Waals surface area contributed by atoms with Crippen molar-refractivity contribution >= 4 is 32.8 Å². The van der Waals surface area contributed by atoms with Crippen LogP contribution in [0.2, 0.25) is 0 Å². The highest BCUT2D eigenvalue weighted by Crippen LogP contribution is 2.31. The van der Waals surface area contributed by atoms with E-state index in [1.165, 1.54) is 0 Å². The molecule has 128 valence electrons. The largest absolute Gasteiger partial charge is 1.00 e. The molecule has 0 unspecified atom stereocenters. The van der Waals surface area contributed by atoms with Gasteiger partial charge in [0.2, 0.25) is 0 Å². The fraction of sp³-hybridized carbons (Fsp3) is 0. The number of rotatable bonds is 1. The maximum absolute atomic E-state index is 5.46. The molecule has 0 bridgehead atoms. The molecular formula is C17H14Cl2N4O2. The maximum atomic E-state index is 5.46. The van der Waals surface area contributed by atoms with E-state index < -0.39 is 0 Å². The standard InChI is InChI=1S/C17H10N4O.2ClH.H2O/c1-4-10-13(18-7-1)14-11(5-2-8-19-14)16-15(10)20-17(21-16)12-6-3-9-22-12;;;/h1-9H,(H,20,21);2*1H;1H2. The van der Waals surface area contributed by atoms with E-state index in [0.29, 0.717) is 0 Å². The first-order valence-corrected chi connectivity index (χ1v) is 7.08. The Bertz CT molecular complexity index is 1070. The van der Waals surface area contributed by atoms with Crippen LogP contribution in [0.25, 0.3) is 44.4 Å². The molecule has 1 aromatic carbocycles. The number of halogens is 2. The number of fused-ring (bicyclic) bond motifs is 6. The normalized spacial score (nSPS) is 10.2. The van der Waals surface area contributed by atoms with Gasteiger partial charge >= 0.3 is 0 Å². The van der Waals surface area contributed by atoms with Crippen molar-refractivity contribution in [1.29, 1.82) is 0 Å². The molecular weight excluding hydrogens is 363 g/mol. The Balaban J connectivity index is 0.000000751. The van der Waals surface area contributed by atoms with Crippen LogP contribution in [-0.2, 0) is 0 Å². The smallest absolute Gasteiger partial charge is 0.285 e. The number of hydrogen-bond donors (Lipinski definition) is 1. The number of hydrogen-bond acceptors (Lipinski definition) is 2. The van der Waals surface area contributed by atoms with E-state index in [9.17, 15) is 0 Å². The molecule has 0 saturated carbocycles. The molecule has 4 aromatic heterocycles. The Morgan fingerprint density at radius 3 is 2.24 bits per heavy atom. The highest BCUT2D eigenvalue weighted by atomic mass is 35.5. The topological polar surface area (TPSA) is 102 Å². The molecule has 25 heavy (non-hydrogen) atoms. The van der Waals surface area contributed by atoms with Gasteiger partial charge in [-0.05, 0) is 24.3 Å². The van der Waals surface area contributed by atoms with Crippen LogP contribution in [0.1, 0.15) is 0 Å². The number of pyridine rings is 2. The summed E-state index contributed by atoms with van der Waals surface area (Å²) in [4.78, 5) is 14.8. The molecule has 8 heteroatoms. The molecule has 0 fully saturated rings. The van der Waals surface area contributed by atoms with Crippen molar-refractivity contribution in [3.8, 4) is 11.6 Å². The van der Waals surface area contributed by atoms with Gasteiger partial charge in [0.05, 0.1) is 22.6 Å². The summed E-state index contributed by atoms with van der Waals surface area (Å²) >= 11 is 0. The lowest BCUT2D eigenvalue weighted by Crippen LogP contribution is -3.00. The minimum atomic E-state index is 0. The van der Waals surface area contributed by atoms with Crippen LogP contribution in [0.5, 0.6) is 0 Å². The fourth-order valence-electron chi connectivity index (χ4n) is 2.99. The molecule has 5 aromatic rings. The van der Waals surface area contributed by atoms with E-state index in [4.69, 9.17) is 9.40 Å². The minimum Gasteiger partial charge on any atom is -1.00 e. The van der Waals surface area contributed by atoms with Gasteiger partial charge in [0.15, 0.2) is 24.0 Å². The molecule has 0 saturated heterocycles. The van der Waals surface area contributed by atoms with Gasteiger partial charge in [-0.15, -0.1) is 0 Å². The zero-order chi connectivity index (χ0) is 14.5. The quantitative estimate of drug-likeness (QED) is 0.301. The first-order valence-electron chi connectivity index (χ1n) is 7.08. The van der Waals surface area contributed by atoms with Crippen LogP contribution >= 0.6 is 0 Å². The van der Waals surface area contributed by atoms with Crippen LogP contribution in [-0.4, -0.2) is 15.4 Å². The summed E-state index contributed by atoms with van der Waals surface area (Å²) in [5, 5.41) is 2.17. The van der Waals surface area contributed by atoms with Gasteiger partial charge in [-0.3, -0.25) is 0 Å². The van der Waals surface area contributed by atoms with Crippen molar-refractivity contribution in [3.63, 3.8) is 0 Å². The lowest BCUT2D eigenvalue weighted by molar-refractivity contribution is -0.368. The lowest BCUT2D eigenvalue weighted by Gasteiger charge is -1.96. The molecule has 5 N–H and O–H groups in total. The van der Waals surface area contributed by atoms with Crippen LogP contribution in [0.15, 0.2) is 59.5 Å². The molecule has 0 spiro atoms. The van der Waals surface area contributed by atoms with Crippen molar-refractivity contribution in [2.24, 2.45) is 0 Å². The summed E-state index contributed by atoms with van der Waals surface area (Å²) in [7, 11) is 0. The summed E-state index contributed by atoms with van der Waals surface area (Å²) in [6.07, 6.45) is 5.51. The van der Waals surface area contributed by atoms with Gasteiger partial charge in [0, 0.05) is 12.1 Å². The Morgan fingerprint density at radius 2 is 1.56 bits per heavy atom. The average molecular weight is 377 g/mol. The molecule has 0 radical (unpaired) electrons. The summed E-state index contributed by atoms with van der Waals surface area (Å²) in [5.41, 5.74) is 4.04. The van der Waals surface area contributed by atoms with Crippen molar-refractivity contribution < 1.29 is 44.7 Å². The Labute approximate surface area is 154 Å². The predicted octanol–water partition coefficient (Wildman–Crippen LogP) is -4.06. The first-order chi connectivity index (χ1) is 10.9. The summed E-state index contributed by atoms with van der Waals surface area (Å²) in [6, 6.07) is 11.9. The Kier molecular flexibility index (Phi) is 5.27. The van der Waals surface area contributed by atoms with Crippen molar-refractivity contribution in [3.05, 3.63) is 55.1 Å². The zero-order valence-electron chi connectivity index (χ0n) is 12.8. The van der Waals surface area contributed by atoms with Gasteiger partial charge in [-0.2, -0.15) is 0 Å². The Hall–Kier alpha value is -2.67. The van der Waals surface area contributed by atoms with Crippen molar-refractivity contribution in [1.82, 2.24) is 9.97 Å². The number of imidazole rings is 1. The number of H-pyrrole nitrogens is 3. The van der Waals surface area contributed by atoms with Gasteiger partial charge in [-0.1, -0.05) is 0 Å². The van der Waals surface area contributed by atoms with E-state index in [-0.39, 0.29) is 30.3 Å². The number of aromatic nitrogens is 4. The second-order valence-electron chi connectivity index (χ2n) is 5.20. The molecule has 0 atom stereocenters. The molecule has 0 aliphatic rings. The van der Waals surface area contributed by atoms with Crippen LogP contribution in [0, 0.1) is 0 Å². The van der Waals surface area contributed by atoms with Crippen LogP contribution < -0.4 is 34.8 Å². The number of nitrogens with zero attached hydrogens (tertiary/aromatic N) is 1. The molecule has 5 rings (SSSR count). The molecule has 4 heterocycles. The van der Waals surface area contributed by atoms with E-state index in [1.807, 2.05) is 36.7 Å². The van der Waals surface area contributed by atoms with Gasteiger partial charge in [0.25, 0.3) is 11.0 Å². The van der Waals surface area contributed by atoms with Crippen LogP contribution in [0.4, 0.5) is 0 Å². The molecule has 0 amide bonds. The molecule has 0 aliphatic heterocycles. The van der Waals surface area contributed by atoms with E-state index in [0.717, 1.165) is 44.4 Å². The Morgan fingerprint density at radius 1 is 0.880 bits per heavy atom. The highest BCUT2D eigenvalue weighted by molar-refractivity contribution is 6.18. The van der Waals surface area contributed by atoms with E-state index in [2.05, 4.69) is 27.1 Å². The van der Waals surface area contributed by atoms with Crippen molar-refractivity contribution in [2.75, 3.05) is 0 Å². The second-order valence-corrected chi connectivity index (χ2v) is 5.20. The average Bonchev–Trinajstić information content (AvgIpc) is 3.24. The fourth-order valence-corrected chi connectivity index (χ4v) is 2.99. The van der Waals surface area contributed by atoms with Gasteiger partial charge in [-0.25, -0.2) is 15.0 Å². The molecule has 6 nitrogen and oxygen atoms in total. The second kappa shape index (κ2) is 7.06. The number of aromatic amines is 3. The van der Waals surface area contributed by atoms with Gasteiger partial charge < -0.3 is 39.7 Å². The van der Waals surface area contributed by atoms with Gasteiger partial charge in [0.1, 0.15) is 5.52 Å². The number of furan rings is 1. The summed E-state index contributed by atoms with van der Waals surface area (Å²) in [6.45, 7) is 0. The summed E-state index contributed by atoms with van der Waals surface area (Å²) in [5.74, 6) is 1.47. The SMILES string of the molecule is O.[Cl-].[Cl-].c1coc(-c2nc3c4ccc[nH+]c4c4[nH+]cccc4c3[nH]2)c1. The third-order valence-corrected chi connectivity index (χ3v) is 3.95. The lowest BCUT2D eigenvalue weighted by atomic mass is 10.1. The predicted molar refractivity (Wildman–Crippen MR) is 85.5 cm³/mol. The summed E-state index contributed by atoms with van der Waals surface area (Å²) < 4.78 is 5.46. The molecule has 0 aliphatic carbocycles. The minimum absolute atomic E-state index is 0. The van der Waals surface area contributed by atoms with Crippen molar-refractivity contribution in [2.45, 2.75) is 0 Å². The van der Waals surface area contributed by atoms with E-state index >= 15 is 0 Å². The first kappa shape index (κ1) is 18.7.